The maximum Gasteiger partial charge on any atom is 0.190 e. The van der Waals surface area contributed by atoms with Crippen LogP contribution >= 0.6 is 0 Å². The Morgan fingerprint density at radius 2 is 1.57 bits per heavy atom. The highest BCUT2D eigenvalue weighted by Crippen LogP contribution is 2.35. The van der Waals surface area contributed by atoms with Crippen molar-refractivity contribution in [3.8, 4) is 0 Å². The molecule has 0 aliphatic heterocycles. The Morgan fingerprint density at radius 3 is 2.13 bits per heavy atom. The molecule has 0 bridgehead atoms. The van der Waals surface area contributed by atoms with Gasteiger partial charge in [-0.25, -0.2) is 0 Å². The van der Waals surface area contributed by atoms with Gasteiger partial charge in [-0.05, 0) is 62.7 Å². The van der Waals surface area contributed by atoms with Crippen molar-refractivity contribution in [3.05, 3.63) is 58.2 Å². The van der Waals surface area contributed by atoms with Gasteiger partial charge >= 0.3 is 0 Å². The van der Waals surface area contributed by atoms with Gasteiger partial charge in [0.2, 0.25) is 0 Å². The summed E-state index contributed by atoms with van der Waals surface area (Å²) in [6.07, 6.45) is 6.14. The van der Waals surface area contributed by atoms with Crippen LogP contribution in [0.25, 0.3) is 0 Å². The Morgan fingerprint density at radius 1 is 1.00 bits per heavy atom. The minimum absolute atomic E-state index is 0.00232. The molecule has 0 fully saturated rings. The average molecular weight is 409 g/mol. The zero-order valence-corrected chi connectivity index (χ0v) is 20.3. The summed E-state index contributed by atoms with van der Waals surface area (Å²) in [4.78, 5) is 25.6. The third-order valence-electron chi connectivity index (χ3n) is 7.12. The molecule has 30 heavy (non-hydrogen) atoms. The first kappa shape index (κ1) is 24.3. The molecule has 2 atom stereocenters. The van der Waals surface area contributed by atoms with Crippen molar-refractivity contribution in [1.29, 1.82) is 0 Å². The predicted molar refractivity (Wildman–Crippen MR) is 127 cm³/mol. The van der Waals surface area contributed by atoms with Crippen LogP contribution in [0, 0.1) is 23.2 Å². The van der Waals surface area contributed by atoms with Crippen LogP contribution in [0.5, 0.6) is 0 Å². The molecule has 0 radical (unpaired) electrons. The summed E-state index contributed by atoms with van der Waals surface area (Å²) in [6, 6.07) is 7.16. The number of rotatable bonds is 9. The summed E-state index contributed by atoms with van der Waals surface area (Å²) in [5.74, 6) is 2.18. The fourth-order valence-electron chi connectivity index (χ4n) is 4.53. The predicted octanol–water partition coefficient (Wildman–Crippen LogP) is 7.84. The van der Waals surface area contributed by atoms with E-state index in [2.05, 4.69) is 54.5 Å². The first-order chi connectivity index (χ1) is 13.9. The van der Waals surface area contributed by atoms with Gasteiger partial charge < -0.3 is 0 Å². The molecule has 0 amide bonds. The minimum Gasteiger partial charge on any atom is -0.289 e. The van der Waals surface area contributed by atoms with E-state index in [4.69, 9.17) is 0 Å². The van der Waals surface area contributed by atoms with Crippen molar-refractivity contribution in [2.75, 3.05) is 0 Å². The monoisotopic (exact) mass is 408 g/mol. The van der Waals surface area contributed by atoms with E-state index in [1.165, 1.54) is 18.4 Å². The van der Waals surface area contributed by atoms with Crippen molar-refractivity contribution in [2.24, 2.45) is 23.2 Å². The smallest absolute Gasteiger partial charge is 0.190 e. The SMILES string of the molecule is CC1=C(C/C=C(\C)CC(C)(C)CCC(C)C(C)C(C)C)C(=O)c2ccccc2C1=O. The summed E-state index contributed by atoms with van der Waals surface area (Å²) in [5, 5.41) is 0. The van der Waals surface area contributed by atoms with E-state index in [0.717, 1.165) is 24.2 Å². The number of Topliss-reactive ketones (excluding diaryl/α,β-unsaturated/α-hetero) is 2. The first-order valence-corrected chi connectivity index (χ1v) is 11.5. The molecular formula is C28H40O2. The van der Waals surface area contributed by atoms with Crippen molar-refractivity contribution in [3.63, 3.8) is 0 Å². The second-order valence-electron chi connectivity index (χ2n) is 10.5. The maximum absolute atomic E-state index is 12.9. The largest absolute Gasteiger partial charge is 0.289 e. The van der Waals surface area contributed by atoms with Crippen molar-refractivity contribution in [1.82, 2.24) is 0 Å². The van der Waals surface area contributed by atoms with E-state index >= 15 is 0 Å². The summed E-state index contributed by atoms with van der Waals surface area (Å²) in [5.41, 5.74) is 3.85. The van der Waals surface area contributed by atoms with Gasteiger partial charge in [0, 0.05) is 22.3 Å². The lowest BCUT2D eigenvalue weighted by Gasteiger charge is -2.30. The van der Waals surface area contributed by atoms with Crippen LogP contribution in [0.4, 0.5) is 0 Å². The third kappa shape index (κ3) is 5.80. The number of hydrogen-bond acceptors (Lipinski definition) is 2. The number of fused-ring (bicyclic) bond motifs is 1. The van der Waals surface area contributed by atoms with E-state index in [1.807, 2.05) is 12.1 Å². The first-order valence-electron chi connectivity index (χ1n) is 11.5. The normalized spacial score (nSPS) is 17.4. The molecule has 0 heterocycles. The number of hydrogen-bond donors (Lipinski definition) is 0. The second-order valence-corrected chi connectivity index (χ2v) is 10.5. The molecule has 0 N–H and O–H groups in total. The highest BCUT2D eigenvalue weighted by molar-refractivity contribution is 6.26. The van der Waals surface area contributed by atoms with E-state index < -0.39 is 0 Å². The van der Waals surface area contributed by atoms with E-state index in [-0.39, 0.29) is 17.0 Å². The van der Waals surface area contributed by atoms with Crippen LogP contribution in [0.3, 0.4) is 0 Å². The molecule has 2 unspecified atom stereocenters. The molecule has 0 aromatic heterocycles. The zero-order valence-electron chi connectivity index (χ0n) is 20.3. The van der Waals surface area contributed by atoms with E-state index in [9.17, 15) is 9.59 Å². The lowest BCUT2D eigenvalue weighted by Crippen LogP contribution is -2.20. The summed E-state index contributed by atoms with van der Waals surface area (Å²) < 4.78 is 0. The van der Waals surface area contributed by atoms with Gasteiger partial charge in [0.15, 0.2) is 11.6 Å². The number of allylic oxidation sites excluding steroid dienone is 4. The van der Waals surface area contributed by atoms with Gasteiger partial charge in [-0.3, -0.25) is 9.59 Å². The molecule has 0 saturated heterocycles. The van der Waals surface area contributed by atoms with E-state index in [0.29, 0.717) is 28.7 Å². The fourth-order valence-corrected chi connectivity index (χ4v) is 4.53. The Hall–Kier alpha value is -1.96. The highest BCUT2D eigenvalue weighted by atomic mass is 16.1. The lowest BCUT2D eigenvalue weighted by molar-refractivity contribution is 0.0973. The van der Waals surface area contributed by atoms with Crippen LogP contribution < -0.4 is 0 Å². The molecule has 1 aromatic rings. The third-order valence-corrected chi connectivity index (χ3v) is 7.12. The van der Waals surface area contributed by atoms with Crippen molar-refractivity contribution in [2.45, 2.75) is 81.1 Å². The Labute approximate surface area is 183 Å². The topological polar surface area (TPSA) is 34.1 Å². The van der Waals surface area contributed by atoms with Crippen LogP contribution in [0.2, 0.25) is 0 Å². The summed E-state index contributed by atoms with van der Waals surface area (Å²) >= 11 is 0. The van der Waals surface area contributed by atoms with Crippen LogP contribution in [-0.4, -0.2) is 11.6 Å². The molecule has 0 saturated carbocycles. The van der Waals surface area contributed by atoms with Gasteiger partial charge in [0.25, 0.3) is 0 Å². The fraction of sp³-hybridized carbons (Fsp3) is 0.571. The minimum atomic E-state index is -0.0140. The number of carbonyl (C=O) groups excluding carboxylic acids is 2. The molecule has 164 valence electrons. The van der Waals surface area contributed by atoms with E-state index in [1.54, 1.807) is 19.1 Å². The molecule has 0 spiro atoms. The molecule has 2 nitrogen and oxygen atoms in total. The van der Waals surface area contributed by atoms with Gasteiger partial charge in [-0.15, -0.1) is 0 Å². The van der Waals surface area contributed by atoms with Crippen molar-refractivity contribution >= 4 is 11.6 Å². The Kier molecular flexibility index (Phi) is 8.02. The molecule has 1 aliphatic carbocycles. The number of carbonyl (C=O) groups is 2. The highest BCUT2D eigenvalue weighted by Gasteiger charge is 2.29. The Bertz CT molecular complexity index is 851. The van der Waals surface area contributed by atoms with Crippen LogP contribution in [0.15, 0.2) is 47.1 Å². The van der Waals surface area contributed by atoms with Crippen molar-refractivity contribution < 1.29 is 9.59 Å². The molecule has 1 aliphatic rings. The van der Waals surface area contributed by atoms with Crippen LogP contribution in [0.1, 0.15) is 102 Å². The summed E-state index contributed by atoms with van der Waals surface area (Å²) in [7, 11) is 0. The quantitative estimate of drug-likeness (QED) is 0.390. The Balaban J connectivity index is 2.03. The molecule has 1 aromatic carbocycles. The zero-order chi connectivity index (χ0) is 22.6. The number of benzene rings is 1. The lowest BCUT2D eigenvalue weighted by atomic mass is 9.76. The van der Waals surface area contributed by atoms with Gasteiger partial charge in [-0.1, -0.05) is 77.5 Å². The van der Waals surface area contributed by atoms with Gasteiger partial charge in [0.05, 0.1) is 0 Å². The molecule has 2 heteroatoms. The summed E-state index contributed by atoms with van der Waals surface area (Å²) in [6.45, 7) is 18.0. The number of ketones is 2. The maximum atomic E-state index is 12.9. The van der Waals surface area contributed by atoms with Crippen LogP contribution in [-0.2, 0) is 0 Å². The molecular weight excluding hydrogens is 368 g/mol. The standard InChI is InChI=1S/C28H40O2/c1-18(2)21(5)20(4)15-16-28(7,8)17-19(3)13-14-23-22(6)26(29)24-11-9-10-12-25(24)27(23)30/h9-13,18,20-21H,14-17H2,1-8H3/b19-13+. The van der Waals surface area contributed by atoms with Gasteiger partial charge in [0.1, 0.15) is 0 Å². The van der Waals surface area contributed by atoms with Gasteiger partial charge in [-0.2, -0.15) is 0 Å². The average Bonchev–Trinajstić information content (AvgIpc) is 2.69. The molecule has 2 rings (SSSR count). The second kappa shape index (κ2) is 9.90.